The maximum atomic E-state index is 6.11. The first-order valence-electron chi connectivity index (χ1n) is 7.35. The molecule has 0 aromatic heterocycles. The van der Waals surface area contributed by atoms with Crippen LogP contribution < -0.4 is 10.6 Å². The fourth-order valence-corrected chi connectivity index (χ4v) is 2.75. The van der Waals surface area contributed by atoms with Crippen molar-refractivity contribution in [1.29, 1.82) is 0 Å². The maximum absolute atomic E-state index is 6.11. The van der Waals surface area contributed by atoms with Crippen LogP contribution in [-0.2, 0) is 11.2 Å². The smallest absolute Gasteiger partial charge is 0.0605 e. The van der Waals surface area contributed by atoms with Gasteiger partial charge < -0.3 is 15.4 Å². The number of piperidine rings is 1. The third-order valence-electron chi connectivity index (χ3n) is 4.11. The molecule has 0 saturated carbocycles. The zero-order valence-corrected chi connectivity index (χ0v) is 12.1. The average molecular weight is 262 g/mol. The molecular weight excluding hydrogens is 236 g/mol. The maximum Gasteiger partial charge on any atom is 0.0605 e. The molecule has 3 nitrogen and oxygen atoms in total. The Kier molecular flexibility index (Phi) is 5.23. The lowest BCUT2D eigenvalue weighted by Gasteiger charge is -2.34. The Hall–Kier alpha value is -1.06. The van der Waals surface area contributed by atoms with Crippen LogP contribution in [0, 0.1) is 0 Å². The van der Waals surface area contributed by atoms with Crippen LogP contribution in [0.3, 0.4) is 0 Å². The minimum atomic E-state index is 0.262. The average Bonchev–Trinajstić information content (AvgIpc) is 2.48. The first kappa shape index (κ1) is 14.4. The van der Waals surface area contributed by atoms with Crippen LogP contribution in [0.25, 0.3) is 0 Å². The van der Waals surface area contributed by atoms with Crippen LogP contribution in [0.4, 0.5) is 5.69 Å². The molecule has 1 aliphatic rings. The first-order valence-corrected chi connectivity index (χ1v) is 7.35. The van der Waals surface area contributed by atoms with Crippen molar-refractivity contribution in [2.75, 3.05) is 25.1 Å². The lowest BCUT2D eigenvalue weighted by atomic mass is 10.00. The van der Waals surface area contributed by atoms with Crippen molar-refractivity contribution >= 4 is 5.69 Å². The van der Waals surface area contributed by atoms with E-state index < -0.39 is 0 Å². The zero-order chi connectivity index (χ0) is 13.7. The molecule has 1 saturated heterocycles. The molecule has 0 spiro atoms. The molecule has 0 amide bonds. The Bertz CT molecular complexity index is 386. The van der Waals surface area contributed by atoms with Gasteiger partial charge in [-0.2, -0.15) is 0 Å². The van der Waals surface area contributed by atoms with Crippen molar-refractivity contribution in [3.05, 3.63) is 29.8 Å². The van der Waals surface area contributed by atoms with E-state index in [1.807, 2.05) is 7.11 Å². The highest BCUT2D eigenvalue weighted by atomic mass is 16.5. The number of nitrogens with two attached hydrogens (primary N) is 1. The van der Waals surface area contributed by atoms with Gasteiger partial charge >= 0.3 is 0 Å². The van der Waals surface area contributed by atoms with E-state index >= 15 is 0 Å². The number of hydrogen-bond acceptors (Lipinski definition) is 3. The highest BCUT2D eigenvalue weighted by molar-refractivity contribution is 5.54. The number of nitrogens with zero attached hydrogens (tertiary/aromatic N) is 1. The molecule has 3 heteroatoms. The summed E-state index contributed by atoms with van der Waals surface area (Å²) in [6.45, 7) is 4.31. The Labute approximate surface area is 116 Å². The normalized spacial score (nSPS) is 18.6. The first-order chi connectivity index (χ1) is 9.24. The largest absolute Gasteiger partial charge is 0.381 e. The van der Waals surface area contributed by atoms with Crippen molar-refractivity contribution in [1.82, 2.24) is 0 Å². The van der Waals surface area contributed by atoms with E-state index in [0.717, 1.165) is 38.8 Å². The lowest BCUT2D eigenvalue weighted by Crippen LogP contribution is -2.37. The summed E-state index contributed by atoms with van der Waals surface area (Å²) in [5.74, 6) is 0. The van der Waals surface area contributed by atoms with Crippen LogP contribution in [0.1, 0.15) is 31.7 Å². The van der Waals surface area contributed by atoms with Crippen LogP contribution in [0.2, 0.25) is 0 Å². The van der Waals surface area contributed by atoms with Crippen molar-refractivity contribution in [3.8, 4) is 0 Å². The highest BCUT2D eigenvalue weighted by Gasteiger charge is 2.20. The van der Waals surface area contributed by atoms with Gasteiger partial charge in [-0.25, -0.2) is 0 Å². The Balaban J connectivity index is 2.07. The standard InChI is InChI=1S/C16H26N2O/c1-3-14(17)12-13-6-4-5-7-16(13)18-10-8-15(19-2)9-11-18/h4-7,14-15H,3,8-12,17H2,1-2H3. The molecule has 0 aliphatic carbocycles. The summed E-state index contributed by atoms with van der Waals surface area (Å²) in [7, 11) is 1.81. The van der Waals surface area contributed by atoms with Gasteiger partial charge in [0, 0.05) is 31.9 Å². The minimum Gasteiger partial charge on any atom is -0.381 e. The predicted octanol–water partition coefficient (Wildman–Crippen LogP) is 2.58. The second-order valence-corrected chi connectivity index (χ2v) is 5.42. The molecule has 1 unspecified atom stereocenters. The molecule has 1 fully saturated rings. The van der Waals surface area contributed by atoms with Crippen molar-refractivity contribution in [3.63, 3.8) is 0 Å². The molecule has 0 radical (unpaired) electrons. The van der Waals surface area contributed by atoms with Gasteiger partial charge in [-0.3, -0.25) is 0 Å². The van der Waals surface area contributed by atoms with Crippen molar-refractivity contribution in [2.45, 2.75) is 44.8 Å². The van der Waals surface area contributed by atoms with Crippen molar-refractivity contribution < 1.29 is 4.74 Å². The van der Waals surface area contributed by atoms with Gasteiger partial charge in [0.15, 0.2) is 0 Å². The Morgan fingerprint density at radius 3 is 2.63 bits per heavy atom. The van der Waals surface area contributed by atoms with Crippen LogP contribution in [0.15, 0.2) is 24.3 Å². The van der Waals surface area contributed by atoms with E-state index in [4.69, 9.17) is 10.5 Å². The molecule has 2 rings (SSSR count). The van der Waals surface area contributed by atoms with E-state index in [-0.39, 0.29) is 6.04 Å². The summed E-state index contributed by atoms with van der Waals surface area (Å²) >= 11 is 0. The molecule has 1 heterocycles. The van der Waals surface area contributed by atoms with Crippen LogP contribution in [0.5, 0.6) is 0 Å². The number of methoxy groups -OCH3 is 1. The van der Waals surface area contributed by atoms with Gasteiger partial charge in [0.1, 0.15) is 0 Å². The van der Waals surface area contributed by atoms with E-state index in [2.05, 4.69) is 36.1 Å². The molecule has 1 aromatic carbocycles. The molecule has 1 atom stereocenters. The number of benzene rings is 1. The topological polar surface area (TPSA) is 38.5 Å². The molecule has 0 bridgehead atoms. The third-order valence-corrected chi connectivity index (χ3v) is 4.11. The Morgan fingerprint density at radius 1 is 1.32 bits per heavy atom. The van der Waals surface area contributed by atoms with Gasteiger partial charge in [0.2, 0.25) is 0 Å². The number of hydrogen-bond donors (Lipinski definition) is 1. The predicted molar refractivity (Wildman–Crippen MR) is 80.7 cm³/mol. The SMILES string of the molecule is CCC(N)Cc1ccccc1N1CCC(OC)CC1. The summed E-state index contributed by atoms with van der Waals surface area (Å²) in [6, 6.07) is 8.94. The number of rotatable bonds is 5. The fourth-order valence-electron chi connectivity index (χ4n) is 2.75. The van der Waals surface area contributed by atoms with Gasteiger partial charge in [-0.05, 0) is 37.3 Å². The molecular formula is C16H26N2O. The molecule has 106 valence electrons. The van der Waals surface area contributed by atoms with Gasteiger partial charge in [-0.15, -0.1) is 0 Å². The van der Waals surface area contributed by atoms with Crippen molar-refractivity contribution in [2.24, 2.45) is 5.73 Å². The zero-order valence-electron chi connectivity index (χ0n) is 12.1. The van der Waals surface area contributed by atoms with E-state index in [1.54, 1.807) is 0 Å². The van der Waals surface area contributed by atoms with Gasteiger partial charge in [0.25, 0.3) is 0 Å². The molecule has 1 aromatic rings. The summed E-state index contributed by atoms with van der Waals surface area (Å²) in [5.41, 5.74) is 8.85. The lowest BCUT2D eigenvalue weighted by molar-refractivity contribution is 0.0819. The highest BCUT2D eigenvalue weighted by Crippen LogP contribution is 2.26. The third kappa shape index (κ3) is 3.71. The second kappa shape index (κ2) is 6.92. The summed E-state index contributed by atoms with van der Waals surface area (Å²) in [5, 5.41) is 0. The quantitative estimate of drug-likeness (QED) is 0.886. The van der Waals surface area contributed by atoms with Gasteiger partial charge in [-0.1, -0.05) is 25.1 Å². The minimum absolute atomic E-state index is 0.262. The van der Waals surface area contributed by atoms with E-state index in [0.29, 0.717) is 6.10 Å². The Morgan fingerprint density at radius 2 is 2.00 bits per heavy atom. The summed E-state index contributed by atoms with van der Waals surface area (Å²) in [4.78, 5) is 2.48. The molecule has 2 N–H and O–H groups in total. The molecule has 1 aliphatic heterocycles. The van der Waals surface area contributed by atoms with E-state index in [1.165, 1.54) is 11.3 Å². The van der Waals surface area contributed by atoms with Crippen LogP contribution >= 0.6 is 0 Å². The molecule has 19 heavy (non-hydrogen) atoms. The number of para-hydroxylation sites is 1. The summed E-state index contributed by atoms with van der Waals surface area (Å²) < 4.78 is 5.44. The second-order valence-electron chi connectivity index (χ2n) is 5.42. The van der Waals surface area contributed by atoms with Crippen LogP contribution in [-0.4, -0.2) is 32.3 Å². The van der Waals surface area contributed by atoms with Gasteiger partial charge in [0.05, 0.1) is 6.10 Å². The monoisotopic (exact) mass is 262 g/mol. The van der Waals surface area contributed by atoms with E-state index in [9.17, 15) is 0 Å². The number of ether oxygens (including phenoxy) is 1. The summed E-state index contributed by atoms with van der Waals surface area (Å²) in [6.07, 6.45) is 4.66. The fraction of sp³-hybridized carbons (Fsp3) is 0.625. The number of anilines is 1.